The molecule has 3 aliphatic rings. The number of nitrogens with zero attached hydrogens (tertiary/aromatic N) is 3. The molecule has 3 aliphatic heterocycles. The largest absolute Gasteiger partial charge is 0.456 e. The van der Waals surface area contributed by atoms with Crippen molar-refractivity contribution >= 4 is 85.2 Å². The van der Waals surface area contributed by atoms with Crippen LogP contribution in [0.1, 0.15) is 101 Å². The lowest BCUT2D eigenvalue weighted by atomic mass is 9.42. The van der Waals surface area contributed by atoms with Crippen LogP contribution in [0.2, 0.25) is 0 Å². The van der Waals surface area contributed by atoms with Crippen LogP contribution in [0.5, 0.6) is 0 Å². The van der Waals surface area contributed by atoms with Gasteiger partial charge in [0, 0.05) is 62.2 Å². The molecule has 0 aliphatic carbocycles. The summed E-state index contributed by atoms with van der Waals surface area (Å²) in [6.07, 6.45) is 0. The van der Waals surface area contributed by atoms with Crippen LogP contribution in [0.25, 0.3) is 33.1 Å². The molecule has 0 N–H and O–H groups in total. The fourth-order valence-corrected chi connectivity index (χ4v) is 13.3. The van der Waals surface area contributed by atoms with E-state index in [1.165, 1.54) is 61.1 Å². The molecule has 1 aromatic heterocycles. The van der Waals surface area contributed by atoms with E-state index in [2.05, 4.69) is 301 Å². The molecular formula is C73H64BN3O. The topological polar surface area (TPSA) is 22.9 Å². The van der Waals surface area contributed by atoms with Crippen molar-refractivity contribution in [1.82, 2.24) is 0 Å². The van der Waals surface area contributed by atoms with E-state index in [0.29, 0.717) is 0 Å². The van der Waals surface area contributed by atoms with E-state index in [1.807, 2.05) is 0 Å². The Balaban J connectivity index is 1.11. The number of hydrogen-bond donors (Lipinski definition) is 0. The molecule has 78 heavy (non-hydrogen) atoms. The minimum absolute atomic E-state index is 0.0125. The molecular weight excluding hydrogens is 946 g/mol. The molecule has 14 rings (SSSR count). The van der Waals surface area contributed by atoms with E-state index in [1.54, 1.807) is 0 Å². The Labute approximate surface area is 460 Å². The first-order valence-electron chi connectivity index (χ1n) is 27.8. The van der Waals surface area contributed by atoms with Crippen molar-refractivity contribution < 1.29 is 4.42 Å². The van der Waals surface area contributed by atoms with Gasteiger partial charge in [0.2, 0.25) is 0 Å². The third-order valence-electron chi connectivity index (χ3n) is 17.2. The maximum atomic E-state index is 7.13. The monoisotopic (exact) mass is 1010 g/mol. The van der Waals surface area contributed by atoms with Gasteiger partial charge in [-0.2, -0.15) is 0 Å². The maximum absolute atomic E-state index is 7.13. The van der Waals surface area contributed by atoms with Crippen molar-refractivity contribution in [2.24, 2.45) is 0 Å². The molecule has 10 aromatic carbocycles. The molecule has 4 nitrogen and oxygen atoms in total. The molecule has 4 heterocycles. The molecule has 0 amide bonds. The van der Waals surface area contributed by atoms with Crippen LogP contribution >= 0.6 is 0 Å². The van der Waals surface area contributed by atoms with E-state index in [4.69, 9.17) is 4.42 Å². The minimum Gasteiger partial charge on any atom is -0.456 e. The Morgan fingerprint density at radius 3 is 1.56 bits per heavy atom. The van der Waals surface area contributed by atoms with E-state index in [-0.39, 0.29) is 23.1 Å². The lowest BCUT2D eigenvalue weighted by Gasteiger charge is -2.52. The molecule has 5 heteroatoms. The Morgan fingerprint density at radius 2 is 0.962 bits per heavy atom. The number of fused-ring (bicyclic) bond motifs is 10. The summed E-state index contributed by atoms with van der Waals surface area (Å²) in [6, 6.07) is 84.7. The van der Waals surface area contributed by atoms with Crippen LogP contribution in [0.4, 0.5) is 45.5 Å². The highest BCUT2D eigenvalue weighted by molar-refractivity contribution is 6.94. The second kappa shape index (κ2) is 17.2. The molecule has 0 bridgehead atoms. The lowest BCUT2D eigenvalue weighted by molar-refractivity contribution is 0.590. The first kappa shape index (κ1) is 47.9. The van der Waals surface area contributed by atoms with Crippen LogP contribution in [0.15, 0.2) is 229 Å². The molecule has 0 atom stereocenters. The average molecular weight is 1010 g/mol. The molecule has 0 spiro atoms. The highest BCUT2D eigenvalue weighted by Crippen LogP contribution is 2.60. The normalized spacial score (nSPS) is 14.2. The van der Waals surface area contributed by atoms with Crippen LogP contribution in [-0.4, -0.2) is 6.85 Å². The standard InChI is InChI=1S/C73H64BN3O/c1-70(2,3)47-31-37-52(38-32-47)75(53-39-33-48(34-40-53)71(4,5)6)55-43-44-61-57(45-55)67-66-56-25-16-19-30-64(56)78-65(66)46-63-68(67)74(77(61)54-41-35-49(36-42-54)72(7,8)9)60-28-20-27-59-69(60)76(63)62-29-18-17-26-58(62)73(59,50-21-12-10-13-22-50)51-23-14-11-15-24-51/h10-46H,1-9H3. The van der Waals surface area contributed by atoms with Crippen molar-refractivity contribution in [3.05, 3.63) is 263 Å². The number of hydrogen-bond acceptors (Lipinski definition) is 4. The smallest absolute Gasteiger partial charge is 0.333 e. The molecule has 0 saturated carbocycles. The maximum Gasteiger partial charge on any atom is 0.333 e. The molecule has 0 saturated heterocycles. The lowest BCUT2D eigenvalue weighted by Crippen LogP contribution is -2.62. The highest BCUT2D eigenvalue weighted by atomic mass is 16.3. The van der Waals surface area contributed by atoms with Gasteiger partial charge in [-0.1, -0.05) is 214 Å². The van der Waals surface area contributed by atoms with Gasteiger partial charge in [0.1, 0.15) is 11.2 Å². The summed E-state index contributed by atoms with van der Waals surface area (Å²) in [5, 5.41) is 2.25. The first-order valence-corrected chi connectivity index (χ1v) is 27.8. The van der Waals surface area contributed by atoms with Crippen LogP contribution in [0.3, 0.4) is 0 Å². The van der Waals surface area contributed by atoms with Crippen molar-refractivity contribution in [2.75, 3.05) is 14.6 Å². The third-order valence-corrected chi connectivity index (χ3v) is 17.2. The van der Waals surface area contributed by atoms with Gasteiger partial charge in [0.05, 0.1) is 11.1 Å². The summed E-state index contributed by atoms with van der Waals surface area (Å²) < 4.78 is 7.13. The second-order valence-electron chi connectivity index (χ2n) is 24.9. The summed E-state index contributed by atoms with van der Waals surface area (Å²) in [5.74, 6) is 0. The van der Waals surface area contributed by atoms with Gasteiger partial charge in [-0.05, 0) is 138 Å². The quantitative estimate of drug-likeness (QED) is 0.155. The van der Waals surface area contributed by atoms with Gasteiger partial charge < -0.3 is 19.0 Å². The summed E-state index contributed by atoms with van der Waals surface area (Å²) in [4.78, 5) is 7.71. The number of anilines is 8. The summed E-state index contributed by atoms with van der Waals surface area (Å²) in [6.45, 7) is 20.4. The predicted octanol–water partition coefficient (Wildman–Crippen LogP) is 18.4. The zero-order valence-corrected chi connectivity index (χ0v) is 46.2. The predicted molar refractivity (Wildman–Crippen MR) is 330 cm³/mol. The van der Waals surface area contributed by atoms with Gasteiger partial charge in [-0.3, -0.25) is 0 Å². The first-order chi connectivity index (χ1) is 37.6. The van der Waals surface area contributed by atoms with Crippen molar-refractivity contribution in [3.8, 4) is 11.1 Å². The van der Waals surface area contributed by atoms with Gasteiger partial charge in [0.15, 0.2) is 0 Å². The van der Waals surface area contributed by atoms with Crippen molar-refractivity contribution in [1.29, 1.82) is 0 Å². The van der Waals surface area contributed by atoms with Gasteiger partial charge >= 0.3 is 6.85 Å². The molecule has 0 unspecified atom stereocenters. The average Bonchev–Trinajstić information content (AvgIpc) is 3.97. The number of benzene rings is 10. The number of rotatable bonds is 6. The van der Waals surface area contributed by atoms with Gasteiger partial charge in [-0.25, -0.2) is 0 Å². The third kappa shape index (κ3) is 7.13. The Hall–Kier alpha value is -8.54. The highest BCUT2D eigenvalue weighted by Gasteiger charge is 2.53. The van der Waals surface area contributed by atoms with Gasteiger partial charge in [-0.15, -0.1) is 0 Å². The molecule has 11 aromatic rings. The number of para-hydroxylation sites is 3. The Bertz CT molecular complexity index is 4040. The van der Waals surface area contributed by atoms with E-state index in [0.717, 1.165) is 67.3 Å². The molecule has 0 fully saturated rings. The molecule has 0 radical (unpaired) electrons. The minimum atomic E-state index is -0.634. The summed E-state index contributed by atoms with van der Waals surface area (Å²) >= 11 is 0. The zero-order chi connectivity index (χ0) is 53.5. The Kier molecular flexibility index (Phi) is 10.6. The van der Waals surface area contributed by atoms with Gasteiger partial charge in [0.25, 0.3) is 0 Å². The summed E-state index contributed by atoms with van der Waals surface area (Å²) in [5.41, 5.74) is 24.0. The fraction of sp³-hybridized carbons (Fsp3) is 0.178. The number of furan rings is 1. The van der Waals surface area contributed by atoms with Crippen LogP contribution in [-0.2, 0) is 21.7 Å². The van der Waals surface area contributed by atoms with E-state index in [9.17, 15) is 0 Å². The van der Waals surface area contributed by atoms with Crippen LogP contribution in [0, 0.1) is 0 Å². The zero-order valence-electron chi connectivity index (χ0n) is 46.2. The molecule has 380 valence electrons. The Morgan fingerprint density at radius 1 is 0.436 bits per heavy atom. The van der Waals surface area contributed by atoms with Crippen molar-refractivity contribution in [3.63, 3.8) is 0 Å². The second-order valence-corrected chi connectivity index (χ2v) is 24.9. The van der Waals surface area contributed by atoms with E-state index < -0.39 is 5.41 Å². The SMILES string of the molecule is CC(C)(C)c1ccc(N2B3c4cccc5c4N(c4ccccc4C5(c4ccccc4)c4ccccc4)c4cc5oc6ccccc6c5c(c43)-c3cc(N(c4ccc(C(C)(C)C)cc4)c4ccc(C(C)(C)C)cc4)ccc32)cc1. The summed E-state index contributed by atoms with van der Waals surface area (Å²) in [7, 11) is 0. The van der Waals surface area contributed by atoms with Crippen LogP contribution < -0.4 is 25.5 Å². The van der Waals surface area contributed by atoms with E-state index >= 15 is 0 Å². The fourth-order valence-electron chi connectivity index (χ4n) is 13.3. The van der Waals surface area contributed by atoms with Crippen molar-refractivity contribution in [2.45, 2.75) is 84.0 Å².